The van der Waals surface area contributed by atoms with E-state index in [9.17, 15) is 14.4 Å². The number of fused-ring (bicyclic) bond motifs is 1. The zero-order valence-corrected chi connectivity index (χ0v) is 20.2. The highest BCUT2D eigenvalue weighted by Gasteiger charge is 2.39. The predicted molar refractivity (Wildman–Crippen MR) is 133 cm³/mol. The maximum atomic E-state index is 12.7. The van der Waals surface area contributed by atoms with E-state index in [2.05, 4.69) is 16.3 Å². The first-order valence-electron chi connectivity index (χ1n) is 12.3. The highest BCUT2D eigenvalue weighted by atomic mass is 16.5. The summed E-state index contributed by atoms with van der Waals surface area (Å²) < 4.78 is 6.10. The Balaban J connectivity index is 0.000000325. The van der Waals surface area contributed by atoms with Gasteiger partial charge >= 0.3 is 0 Å². The zero-order valence-electron chi connectivity index (χ0n) is 20.2. The molecule has 3 aliphatic heterocycles. The maximum Gasteiger partial charge on any atom is 0.255 e. The van der Waals surface area contributed by atoms with E-state index in [-0.39, 0.29) is 24.3 Å². The third-order valence-corrected chi connectivity index (χ3v) is 6.63. The zero-order chi connectivity index (χ0) is 25.5. The van der Waals surface area contributed by atoms with E-state index < -0.39 is 11.9 Å². The van der Waals surface area contributed by atoms with Gasteiger partial charge in [-0.3, -0.25) is 24.6 Å². The molecule has 2 saturated heterocycles. The summed E-state index contributed by atoms with van der Waals surface area (Å²) in [5, 5.41) is 11.2. The maximum absolute atomic E-state index is 12.7. The van der Waals surface area contributed by atoms with Gasteiger partial charge < -0.3 is 15.4 Å². The Morgan fingerprint density at radius 2 is 1.92 bits per heavy atom. The smallest absolute Gasteiger partial charge is 0.255 e. The van der Waals surface area contributed by atoms with Crippen LogP contribution in [0.15, 0.2) is 48.5 Å². The second-order valence-electron chi connectivity index (χ2n) is 9.18. The summed E-state index contributed by atoms with van der Waals surface area (Å²) >= 11 is 0. The van der Waals surface area contributed by atoms with Gasteiger partial charge in [-0.15, -0.1) is 0 Å². The molecule has 0 radical (unpaired) electrons. The molecule has 2 unspecified atom stereocenters. The first-order chi connectivity index (χ1) is 17.5. The fourth-order valence-corrected chi connectivity index (χ4v) is 4.78. The molecule has 2 fully saturated rings. The number of benzene rings is 2. The van der Waals surface area contributed by atoms with Crippen LogP contribution in [0.25, 0.3) is 0 Å². The number of piperidine rings is 2. The van der Waals surface area contributed by atoms with Crippen molar-refractivity contribution in [2.24, 2.45) is 5.73 Å². The number of nitrogens with two attached hydrogens (primary N) is 1. The molecule has 0 bridgehead atoms. The number of nitrogens with one attached hydrogen (secondary N) is 1. The fourth-order valence-electron chi connectivity index (χ4n) is 4.78. The molecule has 0 saturated carbocycles. The average Bonchev–Trinajstić information content (AvgIpc) is 3.20. The van der Waals surface area contributed by atoms with Gasteiger partial charge in [-0.2, -0.15) is 5.26 Å². The van der Waals surface area contributed by atoms with Crippen LogP contribution in [0.1, 0.15) is 47.2 Å². The largest absolute Gasteiger partial charge is 0.489 e. The van der Waals surface area contributed by atoms with Crippen molar-refractivity contribution < 1.29 is 19.1 Å². The first-order valence-corrected chi connectivity index (χ1v) is 12.3. The highest BCUT2D eigenvalue weighted by Crippen LogP contribution is 2.31. The van der Waals surface area contributed by atoms with Crippen molar-refractivity contribution in [1.82, 2.24) is 15.1 Å². The average molecular weight is 490 g/mol. The Labute approximate surface area is 210 Å². The Hall–Kier alpha value is -3.74. The van der Waals surface area contributed by atoms with Gasteiger partial charge in [-0.05, 0) is 55.1 Å². The van der Waals surface area contributed by atoms with Crippen LogP contribution >= 0.6 is 0 Å². The summed E-state index contributed by atoms with van der Waals surface area (Å²) in [4.78, 5) is 39.8. The van der Waals surface area contributed by atoms with E-state index in [0.29, 0.717) is 43.9 Å². The van der Waals surface area contributed by atoms with Crippen molar-refractivity contribution in [2.45, 2.75) is 50.9 Å². The summed E-state index contributed by atoms with van der Waals surface area (Å²) in [5.74, 6) is -0.193. The molecule has 36 heavy (non-hydrogen) atoms. The van der Waals surface area contributed by atoms with Crippen molar-refractivity contribution in [3.05, 3.63) is 65.2 Å². The van der Waals surface area contributed by atoms with Gasteiger partial charge in [0.05, 0.1) is 12.6 Å². The third-order valence-electron chi connectivity index (χ3n) is 6.63. The van der Waals surface area contributed by atoms with Crippen LogP contribution in [0.2, 0.25) is 0 Å². The number of carbonyl (C=O) groups is 3. The van der Waals surface area contributed by atoms with Gasteiger partial charge in [0.2, 0.25) is 11.8 Å². The molecular formula is C27H31N5O4. The number of imide groups is 1. The molecule has 2 aromatic rings. The van der Waals surface area contributed by atoms with Crippen LogP contribution in [-0.4, -0.2) is 59.3 Å². The lowest BCUT2D eigenvalue weighted by molar-refractivity contribution is -0.136. The van der Waals surface area contributed by atoms with E-state index in [1.54, 1.807) is 12.1 Å². The van der Waals surface area contributed by atoms with Gasteiger partial charge in [-0.25, -0.2) is 0 Å². The van der Waals surface area contributed by atoms with Crippen molar-refractivity contribution in [2.75, 3.05) is 19.6 Å². The molecule has 2 atom stereocenters. The Bertz CT molecular complexity index is 1150. The van der Waals surface area contributed by atoms with Gasteiger partial charge in [0.25, 0.3) is 5.91 Å². The first kappa shape index (κ1) is 25.4. The molecule has 3 N–H and O–H groups in total. The van der Waals surface area contributed by atoms with Gasteiger partial charge in [0.1, 0.15) is 17.9 Å². The van der Waals surface area contributed by atoms with E-state index in [0.717, 1.165) is 24.9 Å². The summed E-state index contributed by atoms with van der Waals surface area (Å²) in [5.41, 5.74) is 7.94. The van der Waals surface area contributed by atoms with Crippen molar-refractivity contribution in [1.29, 1.82) is 5.26 Å². The van der Waals surface area contributed by atoms with Crippen LogP contribution in [-0.2, 0) is 22.7 Å². The molecule has 2 aromatic carbocycles. The van der Waals surface area contributed by atoms with Gasteiger partial charge in [0.15, 0.2) is 0 Å². The lowest BCUT2D eigenvalue weighted by atomic mass is 10.0. The number of nitrogens with zero attached hydrogens (tertiary/aromatic N) is 3. The number of hydrogen-bond acceptors (Lipinski definition) is 7. The monoisotopic (exact) mass is 489 g/mol. The number of ether oxygens (including phenoxy) is 1. The Morgan fingerprint density at radius 3 is 2.61 bits per heavy atom. The SMILES string of the molecule is N#CCN1CCCC(Oc2ccc3c(c2)CN(C2CCC(=O)NC2=O)C3=O)C1.NCc1ccccc1. The molecule has 188 valence electrons. The van der Waals surface area contributed by atoms with Crippen LogP contribution in [0.3, 0.4) is 0 Å². The minimum Gasteiger partial charge on any atom is -0.489 e. The predicted octanol–water partition coefficient (Wildman–Crippen LogP) is 1.96. The molecule has 3 aliphatic rings. The van der Waals surface area contributed by atoms with Gasteiger partial charge in [0, 0.05) is 31.6 Å². The second-order valence-corrected chi connectivity index (χ2v) is 9.18. The Kier molecular flexibility index (Phi) is 8.31. The van der Waals surface area contributed by atoms with Crippen molar-refractivity contribution in [3.8, 4) is 11.8 Å². The third kappa shape index (κ3) is 6.08. The number of carbonyl (C=O) groups excluding carboxylic acids is 3. The van der Waals surface area contributed by atoms with E-state index in [4.69, 9.17) is 15.7 Å². The number of hydrogen-bond donors (Lipinski definition) is 2. The number of nitriles is 1. The quantitative estimate of drug-likeness (QED) is 0.485. The summed E-state index contributed by atoms with van der Waals surface area (Å²) in [7, 11) is 0. The molecule has 9 nitrogen and oxygen atoms in total. The topological polar surface area (TPSA) is 129 Å². The molecule has 0 spiro atoms. The van der Waals surface area contributed by atoms with Crippen LogP contribution in [0.4, 0.5) is 0 Å². The lowest BCUT2D eigenvalue weighted by Crippen LogP contribution is -2.52. The van der Waals surface area contributed by atoms with Crippen LogP contribution in [0.5, 0.6) is 5.75 Å². The fraction of sp³-hybridized carbons (Fsp3) is 0.407. The summed E-state index contributed by atoms with van der Waals surface area (Å²) in [6.07, 6.45) is 2.53. The molecular weight excluding hydrogens is 458 g/mol. The Morgan fingerprint density at radius 1 is 1.11 bits per heavy atom. The minimum atomic E-state index is -0.611. The lowest BCUT2D eigenvalue weighted by Gasteiger charge is -2.31. The minimum absolute atomic E-state index is 0.0171. The molecule has 3 amide bonds. The van der Waals surface area contributed by atoms with Crippen molar-refractivity contribution in [3.63, 3.8) is 0 Å². The standard InChI is InChI=1S/C20H22N4O4.C7H9N/c21-7-9-23-8-1-2-15(12-23)28-14-3-4-16-13(10-14)11-24(20(16)27)17-5-6-18(25)22-19(17)26;8-6-7-4-2-1-3-5-7/h3-4,10,15,17H,1-2,5-6,8-9,11-12H2,(H,22,25,26);1-5H,6,8H2. The van der Waals surface area contributed by atoms with Crippen LogP contribution < -0.4 is 15.8 Å². The van der Waals surface area contributed by atoms with Gasteiger partial charge in [-0.1, -0.05) is 30.3 Å². The highest BCUT2D eigenvalue weighted by molar-refractivity contribution is 6.05. The molecule has 0 aliphatic carbocycles. The second kappa shape index (κ2) is 11.8. The number of amides is 3. The van der Waals surface area contributed by atoms with Crippen LogP contribution in [0, 0.1) is 11.3 Å². The van der Waals surface area contributed by atoms with E-state index in [1.165, 1.54) is 10.5 Å². The normalized spacial score (nSPS) is 21.7. The van der Waals surface area contributed by atoms with Crippen molar-refractivity contribution >= 4 is 17.7 Å². The summed E-state index contributed by atoms with van der Waals surface area (Å²) in [6, 6.07) is 16.9. The molecule has 5 rings (SSSR count). The molecule has 3 heterocycles. The van der Waals surface area contributed by atoms with E-state index >= 15 is 0 Å². The molecule has 9 heteroatoms. The molecule has 0 aromatic heterocycles. The van der Waals surface area contributed by atoms with E-state index in [1.807, 2.05) is 36.4 Å². The number of likely N-dealkylation sites (tertiary alicyclic amines) is 1. The number of rotatable bonds is 5. The summed E-state index contributed by atoms with van der Waals surface area (Å²) in [6.45, 7) is 3.00.